The summed E-state index contributed by atoms with van der Waals surface area (Å²) >= 11 is 0. The number of phenolic OH excluding ortho intramolecular Hbond substituents is 3. The molecule has 23 heavy (non-hydrogen) atoms. The normalized spacial score (nSPS) is 18.2. The maximum absolute atomic E-state index is 10.5. The van der Waals surface area contributed by atoms with Crippen LogP contribution < -0.4 is 5.32 Å². The van der Waals surface area contributed by atoms with Crippen molar-refractivity contribution in [2.75, 3.05) is 6.54 Å². The van der Waals surface area contributed by atoms with E-state index in [0.29, 0.717) is 12.0 Å². The number of hydrogen-bond acceptors (Lipinski definition) is 4. The molecule has 0 radical (unpaired) electrons. The number of nitrogens with one attached hydrogen (secondary N) is 1. The Morgan fingerprint density at radius 3 is 2.74 bits per heavy atom. The maximum Gasteiger partial charge on any atom is 0.165 e. The lowest BCUT2D eigenvalue weighted by Gasteiger charge is -2.36. The van der Waals surface area contributed by atoms with Gasteiger partial charge in [-0.2, -0.15) is 0 Å². The van der Waals surface area contributed by atoms with Gasteiger partial charge in [-0.3, -0.25) is 0 Å². The number of aromatic hydroxyl groups is 3. The minimum Gasteiger partial charge on any atom is -0.508 e. The lowest BCUT2D eigenvalue weighted by Crippen LogP contribution is -2.34. The second kappa shape index (κ2) is 5.03. The number of fused-ring (bicyclic) bond motifs is 2. The predicted octanol–water partition coefficient (Wildman–Crippen LogP) is 2.94. The van der Waals surface area contributed by atoms with Crippen LogP contribution in [-0.2, 0) is 19.3 Å². The van der Waals surface area contributed by atoms with Crippen molar-refractivity contribution in [1.82, 2.24) is 5.32 Å². The molecular formula is C19H19NO3. The van der Waals surface area contributed by atoms with Crippen LogP contribution in [0.3, 0.4) is 0 Å². The molecule has 0 saturated heterocycles. The van der Waals surface area contributed by atoms with Crippen LogP contribution in [0.5, 0.6) is 17.2 Å². The quantitative estimate of drug-likeness (QED) is 0.508. The molecule has 0 spiro atoms. The van der Waals surface area contributed by atoms with Gasteiger partial charge in [0, 0.05) is 17.2 Å². The van der Waals surface area contributed by atoms with E-state index in [1.807, 2.05) is 12.1 Å². The molecule has 4 nitrogen and oxygen atoms in total. The SMILES string of the molecule is C=CCc1c(O)cc2c3c1-c1c(ccc(O)c1O)CC3NCC2. The number of benzene rings is 2. The van der Waals surface area contributed by atoms with Gasteiger partial charge >= 0.3 is 0 Å². The standard InChI is InChI=1S/C19H19NO3/c1-2-3-12-15(22)9-11-6-7-20-13-8-10-4-5-14(21)19(23)17(10)18(12)16(11)13/h2,4-5,9,13,20-23H,1,3,6-8H2. The van der Waals surface area contributed by atoms with Crippen molar-refractivity contribution >= 4 is 0 Å². The maximum atomic E-state index is 10.5. The van der Waals surface area contributed by atoms with Crippen LogP contribution in [0.15, 0.2) is 30.9 Å². The van der Waals surface area contributed by atoms with Crippen molar-refractivity contribution < 1.29 is 15.3 Å². The summed E-state index contributed by atoms with van der Waals surface area (Å²) in [6.07, 6.45) is 3.87. The minimum atomic E-state index is -0.132. The molecule has 1 aliphatic heterocycles. The van der Waals surface area contributed by atoms with E-state index in [4.69, 9.17) is 0 Å². The average Bonchev–Trinajstić information content (AvgIpc) is 2.54. The molecule has 1 heterocycles. The molecular weight excluding hydrogens is 290 g/mol. The first-order valence-electron chi connectivity index (χ1n) is 7.88. The third kappa shape index (κ3) is 1.95. The van der Waals surface area contributed by atoms with Gasteiger partial charge in [0.15, 0.2) is 11.5 Å². The van der Waals surface area contributed by atoms with E-state index >= 15 is 0 Å². The fourth-order valence-electron chi connectivity index (χ4n) is 3.97. The highest BCUT2D eigenvalue weighted by atomic mass is 16.3. The Hall–Kier alpha value is -2.46. The molecule has 4 N–H and O–H groups in total. The van der Waals surface area contributed by atoms with E-state index in [1.54, 1.807) is 6.08 Å². The number of allylic oxidation sites excluding steroid dienone is 1. The Labute approximate surface area is 134 Å². The summed E-state index contributed by atoms with van der Waals surface area (Å²) in [5.74, 6) is -0.00727. The molecule has 2 aromatic rings. The number of rotatable bonds is 2. The molecule has 4 heteroatoms. The summed E-state index contributed by atoms with van der Waals surface area (Å²) < 4.78 is 0. The summed E-state index contributed by atoms with van der Waals surface area (Å²) in [6.45, 7) is 4.65. The van der Waals surface area contributed by atoms with E-state index in [-0.39, 0.29) is 23.3 Å². The molecule has 0 bridgehead atoms. The van der Waals surface area contributed by atoms with Crippen LogP contribution in [0.25, 0.3) is 11.1 Å². The van der Waals surface area contributed by atoms with Crippen LogP contribution in [0.2, 0.25) is 0 Å². The molecule has 0 aromatic heterocycles. The van der Waals surface area contributed by atoms with Crippen LogP contribution in [0.4, 0.5) is 0 Å². The van der Waals surface area contributed by atoms with Crippen LogP contribution in [0.1, 0.15) is 28.3 Å². The fraction of sp³-hybridized carbons (Fsp3) is 0.263. The highest BCUT2D eigenvalue weighted by molar-refractivity contribution is 5.86. The van der Waals surface area contributed by atoms with E-state index in [2.05, 4.69) is 11.9 Å². The highest BCUT2D eigenvalue weighted by Crippen LogP contribution is 2.51. The summed E-state index contributed by atoms with van der Waals surface area (Å²) in [6, 6.07) is 5.40. The van der Waals surface area contributed by atoms with E-state index in [9.17, 15) is 15.3 Å². The van der Waals surface area contributed by atoms with Gasteiger partial charge in [0.1, 0.15) is 5.75 Å². The van der Waals surface area contributed by atoms with Crippen molar-refractivity contribution in [2.24, 2.45) is 0 Å². The molecule has 0 saturated carbocycles. The molecule has 0 amide bonds. The van der Waals surface area contributed by atoms with Gasteiger partial charge in [-0.1, -0.05) is 12.1 Å². The zero-order chi connectivity index (χ0) is 16.1. The highest BCUT2D eigenvalue weighted by Gasteiger charge is 2.34. The Kier molecular flexibility index (Phi) is 3.10. The lowest BCUT2D eigenvalue weighted by molar-refractivity contribution is 0.402. The molecule has 2 aliphatic rings. The topological polar surface area (TPSA) is 72.7 Å². The number of phenols is 3. The third-order valence-electron chi connectivity index (χ3n) is 4.94. The molecule has 4 rings (SSSR count). The van der Waals surface area contributed by atoms with Crippen LogP contribution >= 0.6 is 0 Å². The zero-order valence-corrected chi connectivity index (χ0v) is 12.8. The summed E-state index contributed by atoms with van der Waals surface area (Å²) in [5.41, 5.74) is 5.49. The van der Waals surface area contributed by atoms with Crippen LogP contribution in [-0.4, -0.2) is 21.9 Å². The van der Waals surface area contributed by atoms with E-state index in [1.165, 1.54) is 6.07 Å². The Bertz CT molecular complexity index is 826. The summed E-state index contributed by atoms with van der Waals surface area (Å²) in [4.78, 5) is 0. The van der Waals surface area contributed by atoms with E-state index < -0.39 is 0 Å². The van der Waals surface area contributed by atoms with Gasteiger partial charge in [-0.25, -0.2) is 0 Å². The summed E-state index contributed by atoms with van der Waals surface area (Å²) in [7, 11) is 0. The molecule has 0 fully saturated rings. The van der Waals surface area contributed by atoms with Gasteiger partial charge in [-0.15, -0.1) is 6.58 Å². The van der Waals surface area contributed by atoms with Gasteiger partial charge in [0.25, 0.3) is 0 Å². The monoisotopic (exact) mass is 309 g/mol. The van der Waals surface area contributed by atoms with Crippen molar-refractivity contribution in [3.05, 3.63) is 53.1 Å². The molecule has 1 atom stereocenters. The predicted molar refractivity (Wildman–Crippen MR) is 88.9 cm³/mol. The smallest absolute Gasteiger partial charge is 0.165 e. The second-order valence-corrected chi connectivity index (χ2v) is 6.24. The first-order chi connectivity index (χ1) is 11.1. The van der Waals surface area contributed by atoms with Gasteiger partial charge < -0.3 is 20.6 Å². The molecule has 118 valence electrons. The fourth-order valence-corrected chi connectivity index (χ4v) is 3.97. The third-order valence-corrected chi connectivity index (χ3v) is 4.94. The first-order valence-corrected chi connectivity index (χ1v) is 7.88. The number of hydrogen-bond donors (Lipinski definition) is 4. The Balaban J connectivity index is 2.12. The molecule has 1 unspecified atom stereocenters. The Morgan fingerprint density at radius 1 is 1.13 bits per heavy atom. The molecule has 1 aliphatic carbocycles. The van der Waals surface area contributed by atoms with Crippen LogP contribution in [0, 0.1) is 0 Å². The molecule has 2 aromatic carbocycles. The zero-order valence-electron chi connectivity index (χ0n) is 12.8. The van der Waals surface area contributed by atoms with Crippen molar-refractivity contribution in [2.45, 2.75) is 25.3 Å². The van der Waals surface area contributed by atoms with Crippen molar-refractivity contribution in [3.63, 3.8) is 0 Å². The second-order valence-electron chi connectivity index (χ2n) is 6.24. The van der Waals surface area contributed by atoms with Crippen molar-refractivity contribution in [3.8, 4) is 28.4 Å². The lowest BCUT2D eigenvalue weighted by atomic mass is 9.75. The minimum absolute atomic E-state index is 0.107. The average molecular weight is 309 g/mol. The first kappa shape index (κ1) is 14.2. The summed E-state index contributed by atoms with van der Waals surface area (Å²) in [5, 5.41) is 34.4. The van der Waals surface area contributed by atoms with Gasteiger partial charge in [-0.05, 0) is 60.2 Å². The van der Waals surface area contributed by atoms with Gasteiger partial charge in [0.05, 0.1) is 0 Å². The van der Waals surface area contributed by atoms with Gasteiger partial charge in [0.2, 0.25) is 0 Å². The Morgan fingerprint density at radius 2 is 1.96 bits per heavy atom. The van der Waals surface area contributed by atoms with E-state index in [0.717, 1.165) is 47.2 Å². The van der Waals surface area contributed by atoms with Crippen molar-refractivity contribution in [1.29, 1.82) is 0 Å². The largest absolute Gasteiger partial charge is 0.508 e.